The van der Waals surface area contributed by atoms with E-state index in [9.17, 15) is 4.79 Å². The lowest BCUT2D eigenvalue weighted by Gasteiger charge is -2.04. The average Bonchev–Trinajstić information content (AvgIpc) is 3.15. The van der Waals surface area contributed by atoms with Crippen molar-refractivity contribution in [3.8, 4) is 0 Å². The van der Waals surface area contributed by atoms with Gasteiger partial charge in [-0.25, -0.2) is 0 Å². The van der Waals surface area contributed by atoms with Crippen molar-refractivity contribution in [3.63, 3.8) is 0 Å². The highest BCUT2D eigenvalue weighted by molar-refractivity contribution is 5.77. The highest BCUT2D eigenvalue weighted by Gasteiger charge is 2.29. The third kappa shape index (κ3) is 4.96. The van der Waals surface area contributed by atoms with E-state index in [1.807, 2.05) is 0 Å². The Morgan fingerprint density at radius 1 is 1.47 bits per heavy atom. The van der Waals surface area contributed by atoms with Crippen LogP contribution in [0.4, 0.5) is 0 Å². The molecule has 0 aliphatic heterocycles. The Morgan fingerprint density at radius 2 is 2.32 bits per heavy atom. The summed E-state index contributed by atoms with van der Waals surface area (Å²) in [5, 5.41) is 6.61. The van der Waals surface area contributed by atoms with Gasteiger partial charge in [-0.05, 0) is 12.8 Å². The number of carbonyl (C=O) groups is 1. The Labute approximate surface area is 111 Å². The lowest BCUT2D eigenvalue weighted by atomic mass is 10.4. The molecule has 1 fully saturated rings. The van der Waals surface area contributed by atoms with Crippen LogP contribution in [0.5, 0.6) is 0 Å². The van der Waals surface area contributed by atoms with Gasteiger partial charge in [0.25, 0.3) is 0 Å². The Kier molecular flexibility index (Phi) is 5.29. The van der Waals surface area contributed by atoms with Crippen LogP contribution in [0.3, 0.4) is 0 Å². The maximum Gasteiger partial charge on any atom is 0.246 e. The number of nitrogens with one attached hydrogen (secondary N) is 1. The molecule has 0 unspecified atom stereocenters. The smallest absolute Gasteiger partial charge is 0.246 e. The molecule has 1 heterocycles. The fourth-order valence-corrected chi connectivity index (χ4v) is 1.54. The number of ether oxygens (including phenoxy) is 2. The minimum absolute atomic E-state index is 0.0446. The van der Waals surface area contributed by atoms with Crippen LogP contribution in [0.15, 0.2) is 4.52 Å². The monoisotopic (exact) mass is 269 g/mol. The number of carbonyl (C=O) groups excluding carboxylic acids is 1. The van der Waals surface area contributed by atoms with Crippen LogP contribution in [0.1, 0.15) is 30.5 Å². The first-order valence-corrected chi connectivity index (χ1v) is 6.45. The van der Waals surface area contributed by atoms with Gasteiger partial charge in [-0.3, -0.25) is 4.79 Å². The van der Waals surface area contributed by atoms with Crippen LogP contribution in [-0.4, -0.2) is 49.5 Å². The van der Waals surface area contributed by atoms with E-state index in [-0.39, 0.29) is 12.5 Å². The quantitative estimate of drug-likeness (QED) is 0.647. The molecule has 1 aromatic heterocycles. The molecule has 106 valence electrons. The van der Waals surface area contributed by atoms with E-state index in [1.54, 1.807) is 7.11 Å². The number of methoxy groups -OCH3 is 1. The van der Waals surface area contributed by atoms with Gasteiger partial charge in [0, 0.05) is 26.0 Å². The normalized spacial score (nSPS) is 14.6. The molecule has 2 rings (SSSR count). The van der Waals surface area contributed by atoms with Gasteiger partial charge in [-0.15, -0.1) is 0 Å². The molecule has 0 bridgehead atoms. The molecule has 0 spiro atoms. The fourth-order valence-electron chi connectivity index (χ4n) is 1.54. The minimum Gasteiger partial charge on any atom is -0.382 e. The molecule has 1 aromatic rings. The van der Waals surface area contributed by atoms with Crippen molar-refractivity contribution in [2.45, 2.75) is 25.2 Å². The first-order valence-electron chi connectivity index (χ1n) is 6.45. The number of hydrogen-bond acceptors (Lipinski definition) is 6. The topological polar surface area (TPSA) is 86.5 Å². The fraction of sp³-hybridized carbons (Fsp3) is 0.750. The van der Waals surface area contributed by atoms with Gasteiger partial charge in [0.1, 0.15) is 6.61 Å². The number of aromatic nitrogens is 2. The van der Waals surface area contributed by atoms with Crippen LogP contribution in [0.25, 0.3) is 0 Å². The van der Waals surface area contributed by atoms with Gasteiger partial charge in [0.2, 0.25) is 11.8 Å². The third-order valence-electron chi connectivity index (χ3n) is 2.75. The summed E-state index contributed by atoms with van der Waals surface area (Å²) >= 11 is 0. The highest BCUT2D eigenvalue weighted by Crippen LogP contribution is 2.38. The van der Waals surface area contributed by atoms with Crippen molar-refractivity contribution < 1.29 is 18.8 Å². The predicted molar refractivity (Wildman–Crippen MR) is 65.7 cm³/mol. The summed E-state index contributed by atoms with van der Waals surface area (Å²) in [5.41, 5.74) is 0. The zero-order valence-electron chi connectivity index (χ0n) is 11.1. The van der Waals surface area contributed by atoms with Crippen LogP contribution < -0.4 is 5.32 Å². The van der Waals surface area contributed by atoms with Crippen molar-refractivity contribution in [3.05, 3.63) is 11.7 Å². The second-order valence-electron chi connectivity index (χ2n) is 4.47. The van der Waals surface area contributed by atoms with Gasteiger partial charge >= 0.3 is 0 Å². The number of amides is 1. The van der Waals surface area contributed by atoms with Crippen LogP contribution in [0, 0.1) is 0 Å². The van der Waals surface area contributed by atoms with Crippen LogP contribution in [-0.2, 0) is 20.7 Å². The molecule has 1 N–H and O–H groups in total. The summed E-state index contributed by atoms with van der Waals surface area (Å²) in [5.74, 6) is 1.68. The third-order valence-corrected chi connectivity index (χ3v) is 2.75. The zero-order valence-corrected chi connectivity index (χ0v) is 11.1. The van der Waals surface area contributed by atoms with Crippen LogP contribution in [0.2, 0.25) is 0 Å². The average molecular weight is 269 g/mol. The molecular formula is C12H19N3O4. The molecule has 0 aromatic carbocycles. The van der Waals surface area contributed by atoms with E-state index in [1.165, 1.54) is 0 Å². The van der Waals surface area contributed by atoms with E-state index < -0.39 is 0 Å². The molecule has 1 amide bonds. The summed E-state index contributed by atoms with van der Waals surface area (Å²) in [6.07, 6.45) is 2.84. The molecule has 0 radical (unpaired) electrons. The zero-order chi connectivity index (χ0) is 13.5. The standard InChI is InChI=1S/C12H19N3O4/c1-17-6-7-18-8-11(16)13-5-4-10-14-12(19-15-10)9-2-3-9/h9H,2-8H2,1H3,(H,13,16). The van der Waals surface area contributed by atoms with Gasteiger partial charge in [0.15, 0.2) is 5.82 Å². The summed E-state index contributed by atoms with van der Waals surface area (Å²) in [6.45, 7) is 1.43. The van der Waals surface area contributed by atoms with E-state index in [0.717, 1.165) is 18.7 Å². The maximum atomic E-state index is 11.4. The Bertz CT molecular complexity index is 403. The largest absolute Gasteiger partial charge is 0.382 e. The molecule has 1 aliphatic rings. The summed E-state index contributed by atoms with van der Waals surface area (Å²) in [6, 6.07) is 0. The van der Waals surface area contributed by atoms with E-state index >= 15 is 0 Å². The van der Waals surface area contributed by atoms with E-state index in [0.29, 0.717) is 37.9 Å². The van der Waals surface area contributed by atoms with Crippen molar-refractivity contribution in [2.24, 2.45) is 0 Å². The molecule has 1 aliphatic carbocycles. The first kappa shape index (κ1) is 14.0. The summed E-state index contributed by atoms with van der Waals surface area (Å²) in [4.78, 5) is 15.7. The van der Waals surface area contributed by atoms with Crippen molar-refractivity contribution in [2.75, 3.05) is 33.5 Å². The summed E-state index contributed by atoms with van der Waals surface area (Å²) in [7, 11) is 1.59. The molecule has 0 saturated heterocycles. The molecule has 0 atom stereocenters. The van der Waals surface area contributed by atoms with Gasteiger partial charge in [0.05, 0.1) is 13.2 Å². The molecule has 7 nitrogen and oxygen atoms in total. The maximum absolute atomic E-state index is 11.4. The molecular weight excluding hydrogens is 250 g/mol. The first-order chi connectivity index (χ1) is 9.29. The molecule has 7 heteroatoms. The minimum atomic E-state index is -0.151. The van der Waals surface area contributed by atoms with Crippen molar-refractivity contribution in [1.29, 1.82) is 0 Å². The van der Waals surface area contributed by atoms with E-state index in [4.69, 9.17) is 14.0 Å². The van der Waals surface area contributed by atoms with Gasteiger partial charge < -0.3 is 19.3 Å². The number of rotatable bonds is 9. The van der Waals surface area contributed by atoms with E-state index in [2.05, 4.69) is 15.5 Å². The van der Waals surface area contributed by atoms with Crippen LogP contribution >= 0.6 is 0 Å². The molecule has 19 heavy (non-hydrogen) atoms. The Morgan fingerprint density at radius 3 is 3.05 bits per heavy atom. The Hall–Kier alpha value is -1.47. The lowest BCUT2D eigenvalue weighted by molar-refractivity contribution is -0.126. The Balaban J connectivity index is 1.56. The SMILES string of the molecule is COCCOCC(=O)NCCc1noc(C2CC2)n1. The molecule has 1 saturated carbocycles. The lowest BCUT2D eigenvalue weighted by Crippen LogP contribution is -2.30. The highest BCUT2D eigenvalue weighted by atomic mass is 16.5. The second kappa shape index (κ2) is 7.20. The van der Waals surface area contributed by atoms with Gasteiger partial charge in [-0.2, -0.15) is 4.98 Å². The predicted octanol–water partition coefficient (Wildman–Crippen LogP) is 0.269. The second-order valence-corrected chi connectivity index (χ2v) is 4.47. The van der Waals surface area contributed by atoms with Crippen molar-refractivity contribution >= 4 is 5.91 Å². The van der Waals surface area contributed by atoms with Gasteiger partial charge in [-0.1, -0.05) is 5.16 Å². The van der Waals surface area contributed by atoms with Crippen molar-refractivity contribution in [1.82, 2.24) is 15.5 Å². The summed E-state index contributed by atoms with van der Waals surface area (Å²) < 4.78 is 15.0. The number of hydrogen-bond donors (Lipinski definition) is 1. The number of nitrogens with zero attached hydrogens (tertiary/aromatic N) is 2.